The van der Waals surface area contributed by atoms with Gasteiger partial charge in [0.25, 0.3) is 5.91 Å². The van der Waals surface area contributed by atoms with Gasteiger partial charge in [0.05, 0.1) is 6.04 Å². The first-order valence-electron chi connectivity index (χ1n) is 11.0. The third-order valence-corrected chi connectivity index (χ3v) is 5.78. The summed E-state index contributed by atoms with van der Waals surface area (Å²) in [5, 5.41) is 13.2. The summed E-state index contributed by atoms with van der Waals surface area (Å²) in [6.07, 6.45) is 1.01. The van der Waals surface area contributed by atoms with Crippen LogP contribution in [0.15, 0.2) is 54.6 Å². The van der Waals surface area contributed by atoms with Crippen LogP contribution in [0.3, 0.4) is 0 Å². The maximum Gasteiger partial charge on any atom is 0.270 e. The highest BCUT2D eigenvalue weighted by molar-refractivity contribution is 5.93. The van der Waals surface area contributed by atoms with E-state index >= 15 is 0 Å². The van der Waals surface area contributed by atoms with Gasteiger partial charge in [0, 0.05) is 29.3 Å². The van der Waals surface area contributed by atoms with Gasteiger partial charge in [-0.15, -0.1) is 0 Å². The minimum Gasteiger partial charge on any atom is -0.508 e. The number of hydrogen-bond donors (Lipinski definition) is 2. The van der Waals surface area contributed by atoms with Crippen LogP contribution in [0.4, 0.5) is 8.78 Å². The lowest BCUT2D eigenvalue weighted by atomic mass is 9.97. The van der Waals surface area contributed by atoms with E-state index in [9.17, 15) is 18.7 Å². The van der Waals surface area contributed by atoms with Gasteiger partial charge in [0.1, 0.15) is 23.1 Å². The Hall–Kier alpha value is -3.76. The Bertz CT molecular complexity index is 1270. The predicted octanol–water partition coefficient (Wildman–Crippen LogP) is 4.20. The lowest BCUT2D eigenvalue weighted by molar-refractivity contribution is 0.0937. The molecule has 174 valence electrons. The third kappa shape index (κ3) is 5.59. The smallest absolute Gasteiger partial charge is 0.270 e. The van der Waals surface area contributed by atoms with E-state index in [1.165, 1.54) is 30.3 Å². The van der Waals surface area contributed by atoms with Crippen molar-refractivity contribution in [1.29, 1.82) is 0 Å². The van der Waals surface area contributed by atoms with Gasteiger partial charge < -0.3 is 15.3 Å². The third-order valence-electron chi connectivity index (χ3n) is 5.78. The number of halogens is 2. The van der Waals surface area contributed by atoms with E-state index in [4.69, 9.17) is 0 Å². The van der Waals surface area contributed by atoms with E-state index < -0.39 is 23.6 Å². The number of hydrogen-bond acceptors (Lipinski definition) is 4. The second-order valence-corrected chi connectivity index (χ2v) is 8.56. The molecule has 1 unspecified atom stereocenters. The van der Waals surface area contributed by atoms with Crippen LogP contribution >= 0.6 is 0 Å². The molecular weight excluding hydrogens is 436 g/mol. The second kappa shape index (κ2) is 10.0. The van der Waals surface area contributed by atoms with E-state index in [1.54, 1.807) is 13.0 Å². The Morgan fingerprint density at radius 1 is 1.15 bits per heavy atom. The zero-order valence-corrected chi connectivity index (χ0v) is 19.0. The first kappa shape index (κ1) is 23.4. The fraction of sp³-hybridized carbons (Fsp3) is 0.259. The van der Waals surface area contributed by atoms with E-state index in [0.717, 1.165) is 31.6 Å². The zero-order valence-electron chi connectivity index (χ0n) is 19.0. The number of likely N-dealkylation sites (tertiary alicyclic amines) is 1. The Morgan fingerprint density at radius 3 is 2.59 bits per heavy atom. The monoisotopic (exact) mass is 461 g/mol. The number of nitrogens with zero attached hydrogens (tertiary/aromatic N) is 2. The van der Waals surface area contributed by atoms with Gasteiger partial charge in [-0.2, -0.15) is 0 Å². The number of aromatic hydroxyl groups is 1. The Morgan fingerprint density at radius 2 is 1.88 bits per heavy atom. The fourth-order valence-electron chi connectivity index (χ4n) is 4.05. The molecule has 3 aromatic rings. The van der Waals surface area contributed by atoms with Gasteiger partial charge in [0.15, 0.2) is 0 Å². The standard InChI is InChI=1S/C27H25F2N3O2/c1-17-13-19(4-3-18-11-12-32(2)16-18)14-24(30-17)27(34)31-26(20-5-7-21(28)8-6-20)23-15-22(29)9-10-25(23)33/h5-10,13-15,18,26,33H,11-12,16H2,1-2H3,(H,31,34)/t18-,26?/m0/s1. The molecular formula is C27H25F2N3O2. The molecule has 2 atom stereocenters. The molecule has 0 bridgehead atoms. The van der Waals surface area contributed by atoms with Crippen molar-refractivity contribution in [2.45, 2.75) is 19.4 Å². The van der Waals surface area contributed by atoms with Crippen LogP contribution in [0.25, 0.3) is 0 Å². The molecule has 7 heteroatoms. The lowest BCUT2D eigenvalue weighted by Crippen LogP contribution is -2.30. The maximum atomic E-state index is 14.0. The molecule has 1 aliphatic rings. The second-order valence-electron chi connectivity index (χ2n) is 8.56. The highest BCUT2D eigenvalue weighted by atomic mass is 19.1. The molecule has 1 saturated heterocycles. The SMILES string of the molecule is Cc1cc(C#C[C@H]2CCN(C)C2)cc(C(=O)NC(c2ccc(F)cc2)c2cc(F)ccc2O)n1. The number of aromatic nitrogens is 1. The molecule has 0 spiro atoms. The minimum absolute atomic E-state index is 0.149. The summed E-state index contributed by atoms with van der Waals surface area (Å²) >= 11 is 0. The average Bonchev–Trinajstić information content (AvgIpc) is 3.23. The quantitative estimate of drug-likeness (QED) is 0.572. The molecule has 1 aromatic heterocycles. The molecule has 0 aliphatic carbocycles. The van der Waals surface area contributed by atoms with Crippen molar-refractivity contribution in [3.8, 4) is 17.6 Å². The maximum absolute atomic E-state index is 14.0. The van der Waals surface area contributed by atoms with Gasteiger partial charge in [-0.3, -0.25) is 4.79 Å². The summed E-state index contributed by atoms with van der Waals surface area (Å²) in [6.45, 7) is 3.71. The number of nitrogens with one attached hydrogen (secondary N) is 1. The highest BCUT2D eigenvalue weighted by Gasteiger charge is 2.23. The zero-order chi connectivity index (χ0) is 24.2. The normalized spacial score (nSPS) is 16.5. The average molecular weight is 462 g/mol. The van der Waals surface area contributed by atoms with Gasteiger partial charge in [-0.1, -0.05) is 24.0 Å². The molecule has 2 N–H and O–H groups in total. The number of pyridine rings is 1. The largest absolute Gasteiger partial charge is 0.508 e. The van der Waals surface area contributed by atoms with Gasteiger partial charge in [-0.25, -0.2) is 13.8 Å². The van der Waals surface area contributed by atoms with Crippen LogP contribution < -0.4 is 5.32 Å². The number of aryl methyl sites for hydroxylation is 1. The summed E-state index contributed by atoms with van der Waals surface area (Å²) in [4.78, 5) is 19.8. The van der Waals surface area contributed by atoms with Crippen LogP contribution in [0, 0.1) is 36.3 Å². The van der Waals surface area contributed by atoms with E-state index in [0.29, 0.717) is 16.8 Å². The number of rotatable bonds is 4. The van der Waals surface area contributed by atoms with Crippen molar-refractivity contribution >= 4 is 5.91 Å². The first-order chi connectivity index (χ1) is 16.3. The lowest BCUT2D eigenvalue weighted by Gasteiger charge is -2.21. The van der Waals surface area contributed by atoms with E-state index in [2.05, 4.69) is 34.1 Å². The number of carbonyl (C=O) groups is 1. The Balaban J connectivity index is 1.64. The molecule has 2 aromatic carbocycles. The number of phenolic OH excluding ortho intramolecular Hbond substituents is 1. The molecule has 5 nitrogen and oxygen atoms in total. The molecule has 1 fully saturated rings. The van der Waals surface area contributed by atoms with Crippen LogP contribution in [0.1, 0.15) is 45.3 Å². The summed E-state index contributed by atoms with van der Waals surface area (Å²) in [6, 6.07) is 11.4. The van der Waals surface area contributed by atoms with Gasteiger partial charge >= 0.3 is 0 Å². The minimum atomic E-state index is -0.922. The number of carbonyl (C=O) groups excluding carboxylic acids is 1. The Labute approximate surface area is 197 Å². The van der Waals surface area contributed by atoms with Crippen LogP contribution in [0.2, 0.25) is 0 Å². The topological polar surface area (TPSA) is 65.5 Å². The molecule has 34 heavy (non-hydrogen) atoms. The molecule has 1 amide bonds. The van der Waals surface area contributed by atoms with Crippen molar-refractivity contribution in [3.63, 3.8) is 0 Å². The molecule has 1 aliphatic heterocycles. The van der Waals surface area contributed by atoms with Crippen molar-refractivity contribution < 1.29 is 18.7 Å². The van der Waals surface area contributed by atoms with Crippen molar-refractivity contribution in [2.75, 3.05) is 20.1 Å². The summed E-state index contributed by atoms with van der Waals surface area (Å²) in [5.41, 5.74) is 2.09. The first-order valence-corrected chi connectivity index (χ1v) is 11.0. The van der Waals surface area contributed by atoms with Crippen LogP contribution in [-0.2, 0) is 0 Å². The van der Waals surface area contributed by atoms with E-state index in [1.807, 2.05) is 6.07 Å². The molecule has 0 saturated carbocycles. The van der Waals surface area contributed by atoms with Crippen molar-refractivity contribution in [1.82, 2.24) is 15.2 Å². The number of benzene rings is 2. The number of amides is 1. The molecule has 2 heterocycles. The van der Waals surface area contributed by atoms with E-state index in [-0.39, 0.29) is 22.9 Å². The molecule has 4 rings (SSSR count). The fourth-order valence-corrected chi connectivity index (χ4v) is 4.05. The summed E-state index contributed by atoms with van der Waals surface area (Å²) in [7, 11) is 2.06. The van der Waals surface area contributed by atoms with Crippen LogP contribution in [-0.4, -0.2) is 41.0 Å². The van der Waals surface area contributed by atoms with Crippen molar-refractivity contribution in [3.05, 3.63) is 94.3 Å². The van der Waals surface area contributed by atoms with Crippen LogP contribution in [0.5, 0.6) is 5.75 Å². The highest BCUT2D eigenvalue weighted by Crippen LogP contribution is 2.30. The van der Waals surface area contributed by atoms with Crippen molar-refractivity contribution in [2.24, 2.45) is 5.92 Å². The molecule has 0 radical (unpaired) electrons. The Kier molecular flexibility index (Phi) is 6.90. The summed E-state index contributed by atoms with van der Waals surface area (Å²) < 4.78 is 27.5. The van der Waals surface area contributed by atoms with Gasteiger partial charge in [-0.05, 0) is 75.0 Å². The predicted molar refractivity (Wildman–Crippen MR) is 125 cm³/mol. The summed E-state index contributed by atoms with van der Waals surface area (Å²) in [5.74, 6) is 4.98. The van der Waals surface area contributed by atoms with Gasteiger partial charge in [0.2, 0.25) is 0 Å². The number of phenols is 1.